The molecule has 0 bridgehead atoms. The molecule has 2 unspecified atom stereocenters. The zero-order valence-electron chi connectivity index (χ0n) is 10.1. The fraction of sp³-hybridized carbons (Fsp3) is 0.462. The monoisotopic (exact) mass is 269 g/mol. The SMILES string of the molecule is CC1CC(O)(c2cccc(Cl)c2)CCN1C(=O)O. The van der Waals surface area contributed by atoms with Crippen LogP contribution >= 0.6 is 11.6 Å². The molecule has 1 amide bonds. The number of carboxylic acid groups (broad SMARTS) is 1. The molecule has 1 fully saturated rings. The smallest absolute Gasteiger partial charge is 0.407 e. The van der Waals surface area contributed by atoms with E-state index in [0.717, 1.165) is 5.56 Å². The van der Waals surface area contributed by atoms with Crippen molar-refractivity contribution >= 4 is 17.7 Å². The van der Waals surface area contributed by atoms with Crippen LogP contribution in [0.3, 0.4) is 0 Å². The number of carbonyl (C=O) groups is 1. The highest BCUT2D eigenvalue weighted by atomic mass is 35.5. The highest BCUT2D eigenvalue weighted by Gasteiger charge is 2.39. The van der Waals surface area contributed by atoms with Gasteiger partial charge < -0.3 is 15.1 Å². The van der Waals surface area contributed by atoms with E-state index in [0.29, 0.717) is 24.4 Å². The summed E-state index contributed by atoms with van der Waals surface area (Å²) in [5.41, 5.74) is -0.233. The van der Waals surface area contributed by atoms with Crippen LogP contribution in [0, 0.1) is 0 Å². The lowest BCUT2D eigenvalue weighted by Gasteiger charge is -2.41. The Balaban J connectivity index is 2.22. The van der Waals surface area contributed by atoms with Crippen molar-refractivity contribution in [1.29, 1.82) is 0 Å². The van der Waals surface area contributed by atoms with Crippen molar-refractivity contribution in [3.8, 4) is 0 Å². The maximum atomic E-state index is 11.0. The molecule has 1 aliphatic heterocycles. The number of hydrogen-bond acceptors (Lipinski definition) is 2. The highest BCUT2D eigenvalue weighted by molar-refractivity contribution is 6.30. The van der Waals surface area contributed by atoms with Crippen molar-refractivity contribution in [3.05, 3.63) is 34.9 Å². The Bertz CT molecular complexity index is 465. The van der Waals surface area contributed by atoms with Gasteiger partial charge in [0.05, 0.1) is 5.60 Å². The van der Waals surface area contributed by atoms with Gasteiger partial charge in [0, 0.05) is 24.0 Å². The first-order valence-electron chi connectivity index (χ1n) is 5.90. The fourth-order valence-electron chi connectivity index (χ4n) is 2.55. The lowest BCUT2D eigenvalue weighted by Crippen LogP contribution is -2.49. The molecule has 0 aliphatic carbocycles. The molecule has 5 heteroatoms. The van der Waals surface area contributed by atoms with E-state index < -0.39 is 11.7 Å². The number of aliphatic hydroxyl groups is 1. The molecule has 1 aromatic rings. The van der Waals surface area contributed by atoms with Crippen LogP contribution in [0.2, 0.25) is 5.02 Å². The predicted octanol–water partition coefficient (Wildman–Crippen LogP) is 2.69. The Morgan fingerprint density at radius 2 is 2.28 bits per heavy atom. The van der Waals surface area contributed by atoms with Crippen molar-refractivity contribution < 1.29 is 15.0 Å². The molecule has 1 heterocycles. The van der Waals surface area contributed by atoms with Crippen LogP contribution in [0.5, 0.6) is 0 Å². The lowest BCUT2D eigenvalue weighted by atomic mass is 9.81. The molecule has 2 rings (SSSR count). The summed E-state index contributed by atoms with van der Waals surface area (Å²) in [5, 5.41) is 20.3. The van der Waals surface area contributed by atoms with Gasteiger partial charge in [-0.3, -0.25) is 0 Å². The van der Waals surface area contributed by atoms with E-state index in [9.17, 15) is 9.90 Å². The number of benzene rings is 1. The first-order chi connectivity index (χ1) is 8.42. The van der Waals surface area contributed by atoms with Crippen LogP contribution in [0.4, 0.5) is 4.79 Å². The van der Waals surface area contributed by atoms with Gasteiger partial charge in [0.25, 0.3) is 0 Å². The van der Waals surface area contributed by atoms with Gasteiger partial charge in [0.2, 0.25) is 0 Å². The van der Waals surface area contributed by atoms with Gasteiger partial charge in [-0.25, -0.2) is 4.79 Å². The summed E-state index contributed by atoms with van der Waals surface area (Å²) < 4.78 is 0. The van der Waals surface area contributed by atoms with Crippen LogP contribution in [0.15, 0.2) is 24.3 Å². The molecule has 0 radical (unpaired) electrons. The summed E-state index contributed by atoms with van der Waals surface area (Å²) in [4.78, 5) is 12.3. The molecule has 98 valence electrons. The standard InChI is InChI=1S/C13H16ClNO3/c1-9-8-13(18,5-6-15(9)12(16)17)10-3-2-4-11(14)7-10/h2-4,7,9,18H,5-6,8H2,1H3,(H,16,17). The molecule has 2 N–H and O–H groups in total. The van der Waals surface area contributed by atoms with E-state index in [2.05, 4.69) is 0 Å². The minimum Gasteiger partial charge on any atom is -0.465 e. The molecule has 0 aromatic heterocycles. The van der Waals surface area contributed by atoms with E-state index >= 15 is 0 Å². The zero-order chi connectivity index (χ0) is 13.3. The molecular formula is C13H16ClNO3. The molecule has 1 saturated heterocycles. The lowest BCUT2D eigenvalue weighted by molar-refractivity contribution is -0.0411. The van der Waals surface area contributed by atoms with Crippen LogP contribution in [-0.4, -0.2) is 33.8 Å². The normalized spacial score (nSPS) is 28.2. The summed E-state index contributed by atoms with van der Waals surface area (Å²) in [6, 6.07) is 6.91. The Kier molecular flexibility index (Phi) is 3.50. The third kappa shape index (κ3) is 2.44. The van der Waals surface area contributed by atoms with E-state index in [1.165, 1.54) is 4.90 Å². The second-order valence-corrected chi connectivity index (χ2v) is 5.26. The summed E-state index contributed by atoms with van der Waals surface area (Å²) in [6.45, 7) is 2.14. The number of amides is 1. The Morgan fingerprint density at radius 3 is 2.83 bits per heavy atom. The maximum absolute atomic E-state index is 11.0. The van der Waals surface area contributed by atoms with E-state index in [-0.39, 0.29) is 6.04 Å². The minimum atomic E-state index is -0.990. The van der Waals surface area contributed by atoms with Gasteiger partial charge in [-0.05, 0) is 31.0 Å². The number of rotatable bonds is 1. The number of hydrogen-bond donors (Lipinski definition) is 2. The Labute approximate surface area is 111 Å². The Hall–Kier alpha value is -1.26. The summed E-state index contributed by atoms with van der Waals surface area (Å²) >= 11 is 5.93. The predicted molar refractivity (Wildman–Crippen MR) is 68.8 cm³/mol. The van der Waals surface area contributed by atoms with Gasteiger partial charge >= 0.3 is 6.09 Å². The molecule has 0 spiro atoms. The molecule has 18 heavy (non-hydrogen) atoms. The van der Waals surface area contributed by atoms with Crippen molar-refractivity contribution in [1.82, 2.24) is 4.90 Å². The van der Waals surface area contributed by atoms with Crippen LogP contribution in [0.1, 0.15) is 25.3 Å². The second-order valence-electron chi connectivity index (χ2n) is 4.82. The third-order valence-corrected chi connectivity index (χ3v) is 3.77. The summed E-state index contributed by atoms with van der Waals surface area (Å²) in [6.07, 6.45) is -0.153. The van der Waals surface area contributed by atoms with Gasteiger partial charge in [-0.2, -0.15) is 0 Å². The molecular weight excluding hydrogens is 254 g/mol. The van der Waals surface area contributed by atoms with Crippen molar-refractivity contribution in [2.75, 3.05) is 6.54 Å². The number of likely N-dealkylation sites (tertiary alicyclic amines) is 1. The summed E-state index contributed by atoms with van der Waals surface area (Å²) in [7, 11) is 0. The molecule has 2 atom stereocenters. The molecule has 1 aliphatic rings. The second kappa shape index (κ2) is 4.78. The number of nitrogens with zero attached hydrogens (tertiary/aromatic N) is 1. The van der Waals surface area contributed by atoms with Gasteiger partial charge in [-0.1, -0.05) is 23.7 Å². The minimum absolute atomic E-state index is 0.208. The number of halogens is 1. The fourth-order valence-corrected chi connectivity index (χ4v) is 2.74. The van der Waals surface area contributed by atoms with Crippen LogP contribution in [-0.2, 0) is 5.60 Å². The summed E-state index contributed by atoms with van der Waals surface area (Å²) in [5.74, 6) is 0. The number of piperidine rings is 1. The average Bonchev–Trinajstić information content (AvgIpc) is 2.28. The van der Waals surface area contributed by atoms with Gasteiger partial charge in [-0.15, -0.1) is 0 Å². The molecule has 4 nitrogen and oxygen atoms in total. The average molecular weight is 270 g/mol. The van der Waals surface area contributed by atoms with Crippen molar-refractivity contribution in [3.63, 3.8) is 0 Å². The third-order valence-electron chi connectivity index (χ3n) is 3.54. The maximum Gasteiger partial charge on any atom is 0.407 e. The Morgan fingerprint density at radius 1 is 1.56 bits per heavy atom. The molecule has 1 aromatic carbocycles. The molecule has 0 saturated carbocycles. The van der Waals surface area contributed by atoms with Crippen molar-refractivity contribution in [2.24, 2.45) is 0 Å². The van der Waals surface area contributed by atoms with E-state index in [1.54, 1.807) is 18.2 Å². The zero-order valence-corrected chi connectivity index (χ0v) is 10.9. The van der Waals surface area contributed by atoms with Crippen LogP contribution in [0.25, 0.3) is 0 Å². The first-order valence-corrected chi connectivity index (χ1v) is 6.28. The first kappa shape index (κ1) is 13.2. The van der Waals surface area contributed by atoms with Gasteiger partial charge in [0.15, 0.2) is 0 Å². The topological polar surface area (TPSA) is 60.8 Å². The van der Waals surface area contributed by atoms with Crippen molar-refractivity contribution in [2.45, 2.75) is 31.4 Å². The van der Waals surface area contributed by atoms with E-state index in [1.807, 2.05) is 13.0 Å². The largest absolute Gasteiger partial charge is 0.465 e. The van der Waals surface area contributed by atoms with E-state index in [4.69, 9.17) is 16.7 Å². The quantitative estimate of drug-likeness (QED) is 0.824. The van der Waals surface area contributed by atoms with Crippen LogP contribution < -0.4 is 0 Å². The highest BCUT2D eigenvalue weighted by Crippen LogP contribution is 2.36. The van der Waals surface area contributed by atoms with Gasteiger partial charge in [0.1, 0.15) is 0 Å².